The third kappa shape index (κ3) is 2.23. The first kappa shape index (κ1) is 10.3. The van der Waals surface area contributed by atoms with Gasteiger partial charge in [0.05, 0.1) is 6.61 Å². The first-order chi connectivity index (χ1) is 7.16. The van der Waals surface area contributed by atoms with Crippen molar-refractivity contribution in [2.24, 2.45) is 0 Å². The van der Waals surface area contributed by atoms with Gasteiger partial charge in [-0.25, -0.2) is 0 Å². The van der Waals surface area contributed by atoms with Crippen LogP contribution in [0.15, 0.2) is 18.2 Å². The Balaban J connectivity index is 2.28. The van der Waals surface area contributed by atoms with E-state index < -0.39 is 0 Å². The van der Waals surface area contributed by atoms with Gasteiger partial charge in [-0.05, 0) is 38.7 Å². The van der Waals surface area contributed by atoms with Crippen molar-refractivity contribution in [2.45, 2.75) is 12.3 Å². The highest BCUT2D eigenvalue weighted by molar-refractivity contribution is 5.50. The van der Waals surface area contributed by atoms with E-state index in [2.05, 4.69) is 19.0 Å². The molecule has 0 saturated heterocycles. The van der Waals surface area contributed by atoms with Gasteiger partial charge < -0.3 is 15.4 Å². The van der Waals surface area contributed by atoms with Gasteiger partial charge in [-0.1, -0.05) is 0 Å². The maximum Gasteiger partial charge on any atom is 0.122 e. The smallest absolute Gasteiger partial charge is 0.122 e. The van der Waals surface area contributed by atoms with Gasteiger partial charge in [0, 0.05) is 23.7 Å². The first-order valence-electron chi connectivity index (χ1n) is 5.34. The van der Waals surface area contributed by atoms with Crippen LogP contribution in [0.1, 0.15) is 17.9 Å². The molecule has 1 heterocycles. The highest BCUT2D eigenvalue weighted by Gasteiger charge is 2.21. The SMILES string of the molecule is CN(C)CC1CCOc2ccc(N)cc21. The number of hydrogen-bond acceptors (Lipinski definition) is 3. The second-order valence-electron chi connectivity index (χ2n) is 4.39. The maximum absolute atomic E-state index is 5.81. The minimum Gasteiger partial charge on any atom is -0.493 e. The fourth-order valence-corrected chi connectivity index (χ4v) is 2.11. The van der Waals surface area contributed by atoms with Crippen molar-refractivity contribution in [1.29, 1.82) is 0 Å². The highest BCUT2D eigenvalue weighted by atomic mass is 16.5. The number of ether oxygens (including phenoxy) is 1. The average molecular weight is 206 g/mol. The lowest BCUT2D eigenvalue weighted by atomic mass is 9.92. The number of benzene rings is 1. The van der Waals surface area contributed by atoms with Crippen LogP contribution in [0.5, 0.6) is 5.75 Å². The number of fused-ring (bicyclic) bond motifs is 1. The molecule has 0 radical (unpaired) electrons. The van der Waals surface area contributed by atoms with Crippen LogP contribution in [0.2, 0.25) is 0 Å². The third-order valence-electron chi connectivity index (χ3n) is 2.78. The summed E-state index contributed by atoms with van der Waals surface area (Å²) in [5.41, 5.74) is 7.89. The predicted molar refractivity (Wildman–Crippen MR) is 62.3 cm³/mol. The van der Waals surface area contributed by atoms with E-state index in [0.717, 1.165) is 31.0 Å². The minimum atomic E-state index is 0.548. The van der Waals surface area contributed by atoms with E-state index in [9.17, 15) is 0 Å². The molecule has 3 heteroatoms. The van der Waals surface area contributed by atoms with Crippen LogP contribution in [0.4, 0.5) is 5.69 Å². The Hall–Kier alpha value is -1.22. The number of anilines is 1. The summed E-state index contributed by atoms with van der Waals surface area (Å²) in [5, 5.41) is 0. The highest BCUT2D eigenvalue weighted by Crippen LogP contribution is 2.35. The third-order valence-corrected chi connectivity index (χ3v) is 2.78. The van der Waals surface area contributed by atoms with Gasteiger partial charge in [0.15, 0.2) is 0 Å². The summed E-state index contributed by atoms with van der Waals surface area (Å²) in [5.74, 6) is 1.55. The number of nitrogens with zero attached hydrogens (tertiary/aromatic N) is 1. The van der Waals surface area contributed by atoms with Gasteiger partial charge in [-0.3, -0.25) is 0 Å². The van der Waals surface area contributed by atoms with Gasteiger partial charge in [-0.2, -0.15) is 0 Å². The predicted octanol–water partition coefficient (Wildman–Crippen LogP) is 1.70. The van der Waals surface area contributed by atoms with E-state index in [-0.39, 0.29) is 0 Å². The second-order valence-corrected chi connectivity index (χ2v) is 4.39. The number of nitrogen functional groups attached to an aromatic ring is 1. The largest absolute Gasteiger partial charge is 0.493 e. The number of hydrogen-bond donors (Lipinski definition) is 1. The number of rotatable bonds is 2. The summed E-state index contributed by atoms with van der Waals surface area (Å²) < 4.78 is 5.62. The quantitative estimate of drug-likeness (QED) is 0.748. The molecule has 0 saturated carbocycles. The van der Waals surface area contributed by atoms with Crippen LogP contribution in [0.3, 0.4) is 0 Å². The molecule has 1 aromatic carbocycles. The lowest BCUT2D eigenvalue weighted by molar-refractivity contribution is 0.245. The molecule has 3 nitrogen and oxygen atoms in total. The summed E-state index contributed by atoms with van der Waals surface area (Å²) >= 11 is 0. The maximum atomic E-state index is 5.81. The van der Waals surface area contributed by atoms with Crippen molar-refractivity contribution >= 4 is 5.69 Å². The van der Waals surface area contributed by atoms with Crippen LogP contribution in [-0.4, -0.2) is 32.1 Å². The Morgan fingerprint density at radius 1 is 1.47 bits per heavy atom. The van der Waals surface area contributed by atoms with Crippen LogP contribution in [0, 0.1) is 0 Å². The van der Waals surface area contributed by atoms with Crippen LogP contribution in [-0.2, 0) is 0 Å². The van der Waals surface area contributed by atoms with E-state index >= 15 is 0 Å². The molecule has 1 aliphatic rings. The zero-order valence-electron chi connectivity index (χ0n) is 9.36. The molecular formula is C12H18N2O. The molecule has 0 aliphatic carbocycles. The summed E-state index contributed by atoms with van der Waals surface area (Å²) in [6.07, 6.45) is 1.08. The van der Waals surface area contributed by atoms with Gasteiger partial charge in [-0.15, -0.1) is 0 Å². The van der Waals surface area contributed by atoms with Crippen molar-refractivity contribution in [1.82, 2.24) is 4.90 Å². The fraction of sp³-hybridized carbons (Fsp3) is 0.500. The molecule has 1 aliphatic heterocycles. The van der Waals surface area contributed by atoms with Gasteiger partial charge in [0.25, 0.3) is 0 Å². The molecule has 0 aromatic heterocycles. The van der Waals surface area contributed by atoms with E-state index in [0.29, 0.717) is 5.92 Å². The van der Waals surface area contributed by atoms with Gasteiger partial charge in [0.2, 0.25) is 0 Å². The van der Waals surface area contributed by atoms with Gasteiger partial charge >= 0.3 is 0 Å². The van der Waals surface area contributed by atoms with Crippen LogP contribution < -0.4 is 10.5 Å². The van der Waals surface area contributed by atoms with E-state index in [1.807, 2.05) is 18.2 Å². The van der Waals surface area contributed by atoms with Crippen molar-refractivity contribution in [2.75, 3.05) is 33.0 Å². The monoisotopic (exact) mass is 206 g/mol. The molecule has 1 atom stereocenters. The van der Waals surface area contributed by atoms with E-state index in [1.54, 1.807) is 0 Å². The average Bonchev–Trinajstić information content (AvgIpc) is 2.18. The van der Waals surface area contributed by atoms with Crippen molar-refractivity contribution in [3.05, 3.63) is 23.8 Å². The van der Waals surface area contributed by atoms with Crippen LogP contribution >= 0.6 is 0 Å². The van der Waals surface area contributed by atoms with Crippen molar-refractivity contribution < 1.29 is 4.74 Å². The van der Waals surface area contributed by atoms with Gasteiger partial charge in [0.1, 0.15) is 5.75 Å². The molecular weight excluding hydrogens is 188 g/mol. The second kappa shape index (κ2) is 4.11. The Labute approximate surface area is 90.8 Å². The number of nitrogens with two attached hydrogens (primary N) is 1. The Morgan fingerprint density at radius 2 is 2.27 bits per heavy atom. The molecule has 1 unspecified atom stereocenters. The molecule has 2 N–H and O–H groups in total. The molecule has 2 rings (SSSR count). The molecule has 0 fully saturated rings. The normalized spacial score (nSPS) is 19.8. The Bertz CT molecular complexity index is 349. The molecule has 1 aromatic rings. The molecule has 0 spiro atoms. The lowest BCUT2D eigenvalue weighted by Gasteiger charge is -2.28. The summed E-state index contributed by atoms with van der Waals surface area (Å²) in [6.45, 7) is 1.87. The number of likely N-dealkylation sites (N-methyl/N-ethyl adjacent to an activating group) is 1. The van der Waals surface area contributed by atoms with Crippen LogP contribution in [0.25, 0.3) is 0 Å². The Kier molecular flexibility index (Phi) is 2.82. The fourth-order valence-electron chi connectivity index (χ4n) is 2.11. The van der Waals surface area contributed by atoms with Crippen molar-refractivity contribution in [3.63, 3.8) is 0 Å². The minimum absolute atomic E-state index is 0.548. The first-order valence-corrected chi connectivity index (χ1v) is 5.34. The molecule has 0 amide bonds. The summed E-state index contributed by atoms with van der Waals surface area (Å²) in [7, 11) is 4.20. The van der Waals surface area contributed by atoms with E-state index in [1.165, 1.54) is 5.56 Å². The lowest BCUT2D eigenvalue weighted by Crippen LogP contribution is -2.25. The molecule has 82 valence electrons. The summed E-state index contributed by atoms with van der Waals surface area (Å²) in [4.78, 5) is 2.21. The molecule has 15 heavy (non-hydrogen) atoms. The zero-order valence-corrected chi connectivity index (χ0v) is 9.36. The molecule has 0 bridgehead atoms. The zero-order chi connectivity index (χ0) is 10.8. The summed E-state index contributed by atoms with van der Waals surface area (Å²) in [6, 6.07) is 5.92. The Morgan fingerprint density at radius 3 is 3.00 bits per heavy atom. The van der Waals surface area contributed by atoms with Crippen molar-refractivity contribution in [3.8, 4) is 5.75 Å². The topological polar surface area (TPSA) is 38.5 Å². The van der Waals surface area contributed by atoms with E-state index in [4.69, 9.17) is 10.5 Å². The standard InChI is InChI=1S/C12H18N2O/c1-14(2)8-9-5-6-15-12-4-3-10(13)7-11(9)12/h3-4,7,9H,5-6,8,13H2,1-2H3.